The normalized spacial score (nSPS) is 15.8. The summed E-state index contributed by atoms with van der Waals surface area (Å²) in [4.78, 5) is 11.4. The van der Waals surface area contributed by atoms with Crippen LogP contribution in [0.5, 0.6) is 0 Å². The van der Waals surface area contributed by atoms with Crippen LogP contribution in [0.25, 0.3) is 10.9 Å². The Kier molecular flexibility index (Phi) is 2.33. The second-order valence-corrected chi connectivity index (χ2v) is 4.07. The van der Waals surface area contributed by atoms with Crippen molar-refractivity contribution in [1.82, 2.24) is 9.78 Å². The molecule has 5 heteroatoms. The van der Waals surface area contributed by atoms with Crippen molar-refractivity contribution in [2.75, 3.05) is 20.3 Å². The van der Waals surface area contributed by atoms with E-state index in [-0.39, 0.29) is 5.97 Å². The van der Waals surface area contributed by atoms with Crippen LogP contribution in [-0.2, 0) is 9.47 Å². The molecule has 1 saturated heterocycles. The van der Waals surface area contributed by atoms with Crippen LogP contribution in [-0.4, -0.2) is 36.1 Å². The molecule has 0 amide bonds. The summed E-state index contributed by atoms with van der Waals surface area (Å²) in [5, 5.41) is 5.46. The molecular formula is C12H12N2O3. The second-order valence-electron chi connectivity index (χ2n) is 4.07. The van der Waals surface area contributed by atoms with Crippen LogP contribution < -0.4 is 0 Å². The zero-order valence-electron chi connectivity index (χ0n) is 9.42. The summed E-state index contributed by atoms with van der Waals surface area (Å²) >= 11 is 0. The lowest BCUT2D eigenvalue weighted by atomic mass is 10.2. The Morgan fingerprint density at radius 3 is 3.00 bits per heavy atom. The minimum atomic E-state index is -0.339. The molecule has 0 radical (unpaired) electrons. The third-order valence-electron chi connectivity index (χ3n) is 2.94. The molecule has 1 aliphatic rings. The maximum atomic E-state index is 11.4. The van der Waals surface area contributed by atoms with Gasteiger partial charge in [-0.3, -0.25) is 4.68 Å². The van der Waals surface area contributed by atoms with Crippen molar-refractivity contribution in [3.05, 3.63) is 30.0 Å². The third-order valence-corrected chi connectivity index (χ3v) is 2.94. The number of esters is 1. The first-order valence-electron chi connectivity index (χ1n) is 5.43. The van der Waals surface area contributed by atoms with E-state index in [1.54, 1.807) is 12.1 Å². The van der Waals surface area contributed by atoms with E-state index in [2.05, 4.69) is 9.84 Å². The second kappa shape index (κ2) is 3.85. The summed E-state index contributed by atoms with van der Waals surface area (Å²) in [5.74, 6) is -0.339. The van der Waals surface area contributed by atoms with Gasteiger partial charge in [-0.05, 0) is 12.1 Å². The quantitative estimate of drug-likeness (QED) is 0.734. The molecule has 5 nitrogen and oxygen atoms in total. The summed E-state index contributed by atoms with van der Waals surface area (Å²) < 4.78 is 11.7. The predicted molar refractivity (Wildman–Crippen MR) is 60.9 cm³/mol. The van der Waals surface area contributed by atoms with Gasteiger partial charge >= 0.3 is 5.97 Å². The van der Waals surface area contributed by atoms with E-state index in [0.29, 0.717) is 24.8 Å². The number of hydrogen-bond acceptors (Lipinski definition) is 4. The fraction of sp³-hybridized carbons (Fsp3) is 0.333. The Morgan fingerprint density at radius 1 is 1.53 bits per heavy atom. The van der Waals surface area contributed by atoms with E-state index >= 15 is 0 Å². The highest BCUT2D eigenvalue weighted by atomic mass is 16.5. The number of aromatic nitrogens is 2. The fourth-order valence-corrected chi connectivity index (χ4v) is 1.84. The van der Waals surface area contributed by atoms with E-state index in [0.717, 1.165) is 10.9 Å². The predicted octanol–water partition coefficient (Wildman–Crippen LogP) is 1.39. The van der Waals surface area contributed by atoms with Crippen LogP contribution in [0.3, 0.4) is 0 Å². The summed E-state index contributed by atoms with van der Waals surface area (Å²) in [7, 11) is 1.37. The van der Waals surface area contributed by atoms with Crippen LogP contribution in [0.15, 0.2) is 24.4 Å². The van der Waals surface area contributed by atoms with Gasteiger partial charge in [0.05, 0.1) is 37.4 Å². The summed E-state index contributed by atoms with van der Waals surface area (Å²) in [6.07, 6.45) is 1.98. The molecule has 88 valence electrons. The first-order valence-corrected chi connectivity index (χ1v) is 5.43. The third kappa shape index (κ3) is 1.68. The molecule has 1 fully saturated rings. The van der Waals surface area contributed by atoms with Crippen molar-refractivity contribution in [3.63, 3.8) is 0 Å². The molecule has 0 aliphatic carbocycles. The molecule has 1 aliphatic heterocycles. The van der Waals surface area contributed by atoms with Crippen LogP contribution in [0.2, 0.25) is 0 Å². The Morgan fingerprint density at radius 2 is 2.35 bits per heavy atom. The number of benzene rings is 1. The highest BCUT2D eigenvalue weighted by Crippen LogP contribution is 2.21. The Hall–Kier alpha value is -1.88. The lowest BCUT2D eigenvalue weighted by Gasteiger charge is -2.25. The summed E-state index contributed by atoms with van der Waals surface area (Å²) in [6, 6.07) is 5.70. The molecule has 0 saturated carbocycles. The lowest BCUT2D eigenvalue weighted by molar-refractivity contribution is -0.0283. The van der Waals surface area contributed by atoms with Gasteiger partial charge in [0.2, 0.25) is 0 Å². The number of carbonyl (C=O) groups is 1. The van der Waals surface area contributed by atoms with Crippen LogP contribution in [0, 0.1) is 0 Å². The fourth-order valence-electron chi connectivity index (χ4n) is 1.84. The lowest BCUT2D eigenvalue weighted by Crippen LogP contribution is -2.30. The molecular weight excluding hydrogens is 220 g/mol. The Balaban J connectivity index is 2.00. The SMILES string of the molecule is COC(=O)c1ccc2cn(C3COC3)nc2c1. The van der Waals surface area contributed by atoms with Crippen molar-refractivity contribution in [1.29, 1.82) is 0 Å². The molecule has 0 atom stereocenters. The first-order chi connectivity index (χ1) is 8.28. The average Bonchev–Trinajstić information content (AvgIpc) is 2.67. The van der Waals surface area contributed by atoms with Crippen molar-refractivity contribution < 1.29 is 14.3 Å². The van der Waals surface area contributed by atoms with Crippen LogP contribution in [0.1, 0.15) is 16.4 Å². The van der Waals surface area contributed by atoms with Gasteiger partial charge in [0.1, 0.15) is 0 Å². The molecule has 17 heavy (non-hydrogen) atoms. The highest BCUT2D eigenvalue weighted by Gasteiger charge is 2.21. The van der Waals surface area contributed by atoms with Crippen LogP contribution in [0.4, 0.5) is 0 Å². The monoisotopic (exact) mass is 232 g/mol. The zero-order chi connectivity index (χ0) is 11.8. The molecule has 0 spiro atoms. The largest absolute Gasteiger partial charge is 0.465 e. The van der Waals surface area contributed by atoms with Gasteiger partial charge < -0.3 is 9.47 Å². The molecule has 0 unspecified atom stereocenters. The van der Waals surface area contributed by atoms with Gasteiger partial charge in [0, 0.05) is 11.6 Å². The molecule has 2 aromatic rings. The average molecular weight is 232 g/mol. The van der Waals surface area contributed by atoms with Crippen molar-refractivity contribution in [2.24, 2.45) is 0 Å². The van der Waals surface area contributed by atoms with E-state index in [4.69, 9.17) is 4.74 Å². The molecule has 0 bridgehead atoms. The molecule has 2 heterocycles. The van der Waals surface area contributed by atoms with Gasteiger partial charge in [-0.1, -0.05) is 6.07 Å². The number of fused-ring (bicyclic) bond motifs is 1. The number of methoxy groups -OCH3 is 1. The maximum Gasteiger partial charge on any atom is 0.337 e. The highest BCUT2D eigenvalue weighted by molar-refractivity contribution is 5.94. The zero-order valence-corrected chi connectivity index (χ0v) is 9.42. The topological polar surface area (TPSA) is 53.4 Å². The maximum absolute atomic E-state index is 11.4. The van der Waals surface area contributed by atoms with E-state index in [9.17, 15) is 4.79 Å². The number of rotatable bonds is 2. The van der Waals surface area contributed by atoms with Gasteiger partial charge in [0.15, 0.2) is 0 Å². The number of hydrogen-bond donors (Lipinski definition) is 0. The Labute approximate surface area is 97.9 Å². The van der Waals surface area contributed by atoms with Crippen molar-refractivity contribution in [3.8, 4) is 0 Å². The molecule has 1 aromatic heterocycles. The first kappa shape index (κ1) is 10.3. The Bertz CT molecular complexity index is 572. The van der Waals surface area contributed by atoms with Crippen molar-refractivity contribution >= 4 is 16.9 Å². The van der Waals surface area contributed by atoms with Crippen LogP contribution >= 0.6 is 0 Å². The molecule has 3 rings (SSSR count). The van der Waals surface area contributed by atoms with Gasteiger partial charge in [0.25, 0.3) is 0 Å². The summed E-state index contributed by atoms with van der Waals surface area (Å²) in [5.41, 5.74) is 1.33. The number of ether oxygens (including phenoxy) is 2. The standard InChI is InChI=1S/C12H12N2O3/c1-16-12(15)8-2-3-9-5-14(10-6-17-7-10)13-11(9)4-8/h2-5,10H,6-7H2,1H3. The van der Waals surface area contributed by atoms with E-state index < -0.39 is 0 Å². The van der Waals surface area contributed by atoms with E-state index in [1.807, 2.05) is 16.9 Å². The number of carbonyl (C=O) groups excluding carboxylic acids is 1. The van der Waals surface area contributed by atoms with Gasteiger partial charge in [-0.25, -0.2) is 4.79 Å². The number of nitrogens with zero attached hydrogens (tertiary/aromatic N) is 2. The smallest absolute Gasteiger partial charge is 0.337 e. The van der Waals surface area contributed by atoms with E-state index in [1.165, 1.54) is 7.11 Å². The minimum Gasteiger partial charge on any atom is -0.465 e. The molecule has 0 N–H and O–H groups in total. The van der Waals surface area contributed by atoms with Crippen molar-refractivity contribution in [2.45, 2.75) is 6.04 Å². The summed E-state index contributed by atoms with van der Waals surface area (Å²) in [6.45, 7) is 1.41. The minimum absolute atomic E-state index is 0.323. The van der Waals surface area contributed by atoms with Gasteiger partial charge in [-0.15, -0.1) is 0 Å². The molecule has 1 aromatic carbocycles. The van der Waals surface area contributed by atoms with Gasteiger partial charge in [-0.2, -0.15) is 5.10 Å².